The topological polar surface area (TPSA) is 274 Å². The van der Waals surface area contributed by atoms with Crippen LogP contribution in [-0.4, -0.2) is 178 Å². The zero-order valence-corrected chi connectivity index (χ0v) is 44.6. The Hall–Kier alpha value is -2.67. The van der Waals surface area contributed by atoms with E-state index in [0.717, 1.165) is 57.1 Å². The monoisotopic (exact) mass is 1050 g/mol. The van der Waals surface area contributed by atoms with E-state index in [1.54, 1.807) is 6.92 Å². The lowest BCUT2D eigenvalue weighted by Gasteiger charge is -2.70. The van der Waals surface area contributed by atoms with Crippen molar-refractivity contribution in [1.29, 1.82) is 0 Å². The van der Waals surface area contributed by atoms with Crippen LogP contribution in [0.2, 0.25) is 0 Å². The molecule has 418 valence electrons. The van der Waals surface area contributed by atoms with Crippen LogP contribution in [0.3, 0.4) is 0 Å². The summed E-state index contributed by atoms with van der Waals surface area (Å²) in [7, 11) is 0. The number of aliphatic hydroxyl groups excluding tert-OH is 5. The van der Waals surface area contributed by atoms with E-state index >= 15 is 0 Å². The van der Waals surface area contributed by atoms with E-state index in [4.69, 9.17) is 52.1 Å². The third kappa shape index (κ3) is 9.53. The lowest BCUT2D eigenvalue weighted by Crippen LogP contribution is -2.68. The summed E-state index contributed by atoms with van der Waals surface area (Å²) >= 11 is 0. The Labute approximate surface area is 433 Å². The summed E-state index contributed by atoms with van der Waals surface area (Å²) in [5, 5.41) is 67.2. The van der Waals surface area contributed by atoms with Crippen LogP contribution >= 0.6 is 0 Å². The van der Waals surface area contributed by atoms with Crippen molar-refractivity contribution in [2.24, 2.45) is 45.3 Å². The molecule has 2 bridgehead atoms. The zero-order valence-electron chi connectivity index (χ0n) is 44.6. The molecule has 0 radical (unpaired) electrons. The van der Waals surface area contributed by atoms with Crippen LogP contribution in [0.15, 0.2) is 23.8 Å². The largest absolute Gasteiger partial charge is 0.460 e. The number of carbonyl (C=O) groups is 3. The lowest BCUT2D eigenvalue weighted by molar-refractivity contribution is -0.381. The van der Waals surface area contributed by atoms with Gasteiger partial charge >= 0.3 is 17.9 Å². The zero-order chi connectivity index (χ0) is 53.7. The van der Waals surface area contributed by atoms with Crippen molar-refractivity contribution in [3.63, 3.8) is 0 Å². The number of hydrogen-bond donors (Lipinski definition) is 6. The molecule has 0 aromatic carbocycles. The maximum Gasteiger partial charge on any atom is 0.330 e. The predicted octanol–water partition coefficient (Wildman–Crippen LogP) is 2.87. The van der Waals surface area contributed by atoms with E-state index in [1.807, 2.05) is 6.92 Å². The fraction of sp³-hybridized carbons (Fsp3) is 0.870. The normalized spacial score (nSPS) is 50.4. The molecule has 4 saturated carbocycles. The molecule has 5 saturated heterocycles. The average molecular weight is 1050 g/mol. The molecule has 0 amide bonds. The molecule has 5 unspecified atom stereocenters. The number of ether oxygens (including phenoxy) is 11. The first-order valence-corrected chi connectivity index (χ1v) is 26.8. The standard InChI is InChI=1S/C54H82O20/c1-11-12-37(59)64-23-33-39(61)42(68-27(4)55)44(73-46-40(62)38(60)31(57)21-65-46)48(70-33)72-41-32(58)22-66-47(43(41)69-28(5)56)71-36-16-17-50(8)34(49(36,6)7)15-18-51(9)35(50)14-13-30-45-52(10,63)20-29(19-26(2)3)74-54(45)24-53(30,51)25-67-54/h11-12,19,29-36,38-48,57-58,60-63H,13-18,20-25H2,1-10H3/b12-11+/t29?,30-,31-,32+,33-,34?,35-,36?,38+,39-,40-,41+,42+,43-,44-,45?,46+,47+,48+,50+,51-,52?,53+,54+/m1/s1. The highest BCUT2D eigenvalue weighted by molar-refractivity contribution is 5.81. The van der Waals surface area contributed by atoms with E-state index in [-0.39, 0.29) is 46.7 Å². The van der Waals surface area contributed by atoms with Crippen molar-refractivity contribution < 1.29 is 97.1 Å². The maximum absolute atomic E-state index is 13.0. The second kappa shape index (κ2) is 20.5. The third-order valence-corrected chi connectivity index (χ3v) is 19.4. The highest BCUT2D eigenvalue weighted by Gasteiger charge is 2.81. The van der Waals surface area contributed by atoms with E-state index in [1.165, 1.54) is 13.0 Å². The molecule has 5 aliphatic heterocycles. The summed E-state index contributed by atoms with van der Waals surface area (Å²) < 4.78 is 68.3. The Morgan fingerprint density at radius 2 is 1.39 bits per heavy atom. The van der Waals surface area contributed by atoms with E-state index in [9.17, 15) is 45.0 Å². The Morgan fingerprint density at radius 1 is 0.716 bits per heavy atom. The SMILES string of the molecule is C/C=C/C(=O)OC[C@H]1O[C@@H](O[C@@H]2[C@@H](OC(C)=O)[C@H](OC3CC[C@@]4(C)C(CC[C@]5(C)[C@@H]4CC[C@@H]4C6C(C)(O)CC(C=C(C)C)O[C@@]67C[C@]45CO7)C3(C)C)OC[C@@H]2O)[C@H](O[C@@H]2OC[C@@H](O)[C@H](O)[C@H]2O)[C@@H](OC(C)=O)[C@@H]1O. The first kappa shape index (κ1) is 56.1. The smallest absolute Gasteiger partial charge is 0.330 e. The molecule has 0 aromatic rings. The van der Waals surface area contributed by atoms with Gasteiger partial charge in [0, 0.05) is 44.1 Å². The quantitative estimate of drug-likeness (QED) is 0.0539. The summed E-state index contributed by atoms with van der Waals surface area (Å²) in [4.78, 5) is 38.1. The van der Waals surface area contributed by atoms with Crippen molar-refractivity contribution in [3.05, 3.63) is 23.8 Å². The lowest BCUT2D eigenvalue weighted by atomic mass is 9.35. The number of hydrogen-bond acceptors (Lipinski definition) is 20. The number of aliphatic hydroxyl groups is 6. The van der Waals surface area contributed by atoms with Gasteiger partial charge in [0.25, 0.3) is 0 Å². The van der Waals surface area contributed by atoms with E-state index in [0.29, 0.717) is 25.4 Å². The van der Waals surface area contributed by atoms with Crippen LogP contribution in [0.5, 0.6) is 0 Å². The molecular weight excluding hydrogens is 969 g/mol. The Kier molecular flexibility index (Phi) is 15.6. The molecule has 74 heavy (non-hydrogen) atoms. The highest BCUT2D eigenvalue weighted by atomic mass is 16.8. The van der Waals surface area contributed by atoms with Gasteiger partial charge in [0.15, 0.2) is 43.0 Å². The minimum Gasteiger partial charge on any atom is -0.460 e. The van der Waals surface area contributed by atoms with Crippen molar-refractivity contribution in [2.75, 3.05) is 26.4 Å². The molecular formula is C54H82O20. The number of allylic oxidation sites excluding steroid dienone is 2. The molecule has 9 aliphatic rings. The molecule has 20 nitrogen and oxygen atoms in total. The molecule has 0 aromatic heterocycles. The molecule has 4 aliphatic carbocycles. The Bertz CT molecular complexity index is 2150. The third-order valence-electron chi connectivity index (χ3n) is 19.4. The van der Waals surface area contributed by atoms with Gasteiger partial charge in [-0.2, -0.15) is 0 Å². The fourth-order valence-electron chi connectivity index (χ4n) is 16.5. The maximum atomic E-state index is 13.0. The van der Waals surface area contributed by atoms with Gasteiger partial charge in [-0.25, -0.2) is 4.79 Å². The van der Waals surface area contributed by atoms with Gasteiger partial charge < -0.3 is 82.7 Å². The number of carbonyl (C=O) groups excluding carboxylic acids is 3. The van der Waals surface area contributed by atoms with Crippen LogP contribution in [0.25, 0.3) is 0 Å². The summed E-state index contributed by atoms with van der Waals surface area (Å²) in [5.74, 6) is -2.54. The van der Waals surface area contributed by atoms with Crippen molar-refractivity contribution in [2.45, 2.75) is 224 Å². The molecule has 20 heteroatoms. The molecule has 5 heterocycles. The van der Waals surface area contributed by atoms with Crippen molar-refractivity contribution >= 4 is 17.9 Å². The van der Waals surface area contributed by atoms with Crippen LogP contribution < -0.4 is 0 Å². The number of fused-ring (bicyclic) bond motifs is 4. The van der Waals surface area contributed by atoms with Gasteiger partial charge in [0.05, 0.1) is 37.6 Å². The van der Waals surface area contributed by atoms with Gasteiger partial charge in [0.2, 0.25) is 0 Å². The molecule has 24 atom stereocenters. The van der Waals surface area contributed by atoms with Crippen molar-refractivity contribution in [1.82, 2.24) is 0 Å². The van der Waals surface area contributed by atoms with Crippen LogP contribution in [0.4, 0.5) is 0 Å². The van der Waals surface area contributed by atoms with Crippen LogP contribution in [0, 0.1) is 45.3 Å². The molecule has 9 fully saturated rings. The Balaban J connectivity index is 0.965. The molecule has 6 N–H and O–H groups in total. The number of esters is 3. The highest BCUT2D eigenvalue weighted by Crippen LogP contribution is 2.80. The number of rotatable bonds is 12. The van der Waals surface area contributed by atoms with Crippen LogP contribution in [0.1, 0.15) is 121 Å². The first-order valence-electron chi connectivity index (χ1n) is 26.8. The minimum absolute atomic E-state index is 0.0897. The summed E-state index contributed by atoms with van der Waals surface area (Å²) in [6, 6.07) is 0. The van der Waals surface area contributed by atoms with Gasteiger partial charge in [-0.1, -0.05) is 45.4 Å². The van der Waals surface area contributed by atoms with Gasteiger partial charge in [-0.05, 0) is 100 Å². The van der Waals surface area contributed by atoms with Gasteiger partial charge in [0.1, 0.15) is 49.3 Å². The molecule has 2 spiro atoms. The second-order valence-corrected chi connectivity index (χ2v) is 24.6. The summed E-state index contributed by atoms with van der Waals surface area (Å²) in [6.07, 6.45) is -10.0. The fourth-order valence-corrected chi connectivity index (χ4v) is 16.5. The summed E-state index contributed by atoms with van der Waals surface area (Å²) in [5.41, 5.74) is -0.603. The first-order chi connectivity index (χ1) is 34.7. The summed E-state index contributed by atoms with van der Waals surface area (Å²) in [6.45, 7) is 18.6. The van der Waals surface area contributed by atoms with Gasteiger partial charge in [-0.3, -0.25) is 9.59 Å². The van der Waals surface area contributed by atoms with Crippen LogP contribution in [-0.2, 0) is 66.5 Å². The second-order valence-electron chi connectivity index (χ2n) is 24.6. The Morgan fingerprint density at radius 3 is 2.08 bits per heavy atom. The molecule has 9 rings (SSSR count). The van der Waals surface area contributed by atoms with E-state index < -0.39 is 134 Å². The minimum atomic E-state index is -1.84. The van der Waals surface area contributed by atoms with Crippen molar-refractivity contribution in [3.8, 4) is 0 Å². The average Bonchev–Trinajstić information content (AvgIpc) is 3.83. The predicted molar refractivity (Wildman–Crippen MR) is 257 cm³/mol. The van der Waals surface area contributed by atoms with Gasteiger partial charge in [-0.15, -0.1) is 0 Å². The van der Waals surface area contributed by atoms with E-state index in [2.05, 4.69) is 47.6 Å².